The summed E-state index contributed by atoms with van der Waals surface area (Å²) < 4.78 is 7.10. The molecule has 2 aliphatic rings. The van der Waals surface area contributed by atoms with Gasteiger partial charge in [0.05, 0.1) is 18.8 Å². The van der Waals surface area contributed by atoms with Crippen molar-refractivity contribution in [3.05, 3.63) is 47.3 Å². The Labute approximate surface area is 167 Å². The Bertz CT molecular complexity index is 885. The molecule has 0 bridgehead atoms. The largest absolute Gasteiger partial charge is 0.390 e. The third kappa shape index (κ3) is 4.54. The van der Waals surface area contributed by atoms with E-state index < -0.39 is 0 Å². The summed E-state index contributed by atoms with van der Waals surface area (Å²) in [5.74, 6) is -0.0416. The molecule has 0 saturated carbocycles. The van der Waals surface area contributed by atoms with Crippen molar-refractivity contribution < 1.29 is 19.4 Å². The van der Waals surface area contributed by atoms with Gasteiger partial charge in [0, 0.05) is 19.1 Å². The molecule has 2 saturated heterocycles. The van der Waals surface area contributed by atoms with Crippen molar-refractivity contribution in [3.8, 4) is 0 Å². The van der Waals surface area contributed by atoms with Crippen LogP contribution in [0.15, 0.2) is 30.5 Å². The van der Waals surface area contributed by atoms with Gasteiger partial charge in [0.2, 0.25) is 5.91 Å². The Morgan fingerprint density at radius 1 is 1.38 bits per heavy atom. The molecule has 3 amide bonds. The van der Waals surface area contributed by atoms with Crippen LogP contribution in [0.2, 0.25) is 0 Å². The SMILES string of the molecule is O=C(Cn1cc(CO)nn1)NCc1cccc([C@@H]2NC(=O)N[C@H]3OCCC[C@H]32)c1. The number of rotatable bonds is 6. The predicted molar refractivity (Wildman–Crippen MR) is 101 cm³/mol. The number of urea groups is 1. The number of nitrogens with one attached hydrogen (secondary N) is 3. The molecule has 2 aromatic rings. The standard InChI is InChI=1S/C19H24N6O4/c26-11-14-9-25(24-23-14)10-16(27)20-8-12-3-1-4-13(7-12)17-15-5-2-6-29-18(15)22-19(28)21-17/h1,3-4,7,9,15,17-18,26H,2,5-6,8,10-11H2,(H,20,27)(H2,21,22,28)/t15-,17-,18-/m0/s1. The number of aromatic nitrogens is 3. The molecular weight excluding hydrogens is 376 g/mol. The maximum absolute atomic E-state index is 12.2. The van der Waals surface area contributed by atoms with E-state index in [1.165, 1.54) is 10.9 Å². The molecule has 3 atom stereocenters. The maximum atomic E-state index is 12.2. The molecule has 3 heterocycles. The number of nitrogens with zero attached hydrogens (tertiary/aromatic N) is 3. The maximum Gasteiger partial charge on any atom is 0.317 e. The molecule has 10 heteroatoms. The van der Waals surface area contributed by atoms with Crippen LogP contribution in [0.5, 0.6) is 0 Å². The number of aliphatic hydroxyl groups is 1. The second kappa shape index (κ2) is 8.58. The van der Waals surface area contributed by atoms with Gasteiger partial charge >= 0.3 is 6.03 Å². The van der Waals surface area contributed by atoms with Crippen molar-refractivity contribution in [1.82, 2.24) is 30.9 Å². The van der Waals surface area contributed by atoms with Gasteiger partial charge < -0.3 is 25.8 Å². The molecular formula is C19H24N6O4. The van der Waals surface area contributed by atoms with Crippen LogP contribution in [-0.2, 0) is 29.2 Å². The monoisotopic (exact) mass is 400 g/mol. The van der Waals surface area contributed by atoms with E-state index in [0.29, 0.717) is 18.8 Å². The summed E-state index contributed by atoms with van der Waals surface area (Å²) in [6.07, 6.45) is 3.20. The van der Waals surface area contributed by atoms with Gasteiger partial charge in [-0.1, -0.05) is 29.5 Å². The highest BCUT2D eigenvalue weighted by atomic mass is 16.5. The summed E-state index contributed by atoms with van der Waals surface area (Å²) in [4.78, 5) is 24.2. The first kappa shape index (κ1) is 19.3. The van der Waals surface area contributed by atoms with Crippen LogP contribution in [0.25, 0.3) is 0 Å². The molecule has 29 heavy (non-hydrogen) atoms. The van der Waals surface area contributed by atoms with Crippen LogP contribution < -0.4 is 16.0 Å². The topological polar surface area (TPSA) is 130 Å². The van der Waals surface area contributed by atoms with E-state index in [1.54, 1.807) is 0 Å². The van der Waals surface area contributed by atoms with Gasteiger partial charge in [-0.3, -0.25) is 4.79 Å². The minimum Gasteiger partial charge on any atom is -0.390 e. The summed E-state index contributed by atoms with van der Waals surface area (Å²) in [5.41, 5.74) is 2.35. The summed E-state index contributed by atoms with van der Waals surface area (Å²) in [7, 11) is 0. The molecule has 1 aromatic heterocycles. The Kier molecular flexibility index (Phi) is 5.72. The lowest BCUT2D eigenvalue weighted by Crippen LogP contribution is -2.58. The smallest absolute Gasteiger partial charge is 0.317 e. The number of aliphatic hydroxyl groups excluding tert-OH is 1. The van der Waals surface area contributed by atoms with E-state index in [-0.39, 0.29) is 43.3 Å². The Morgan fingerprint density at radius 2 is 2.28 bits per heavy atom. The van der Waals surface area contributed by atoms with Gasteiger partial charge in [0.25, 0.3) is 0 Å². The first-order valence-electron chi connectivity index (χ1n) is 9.66. The Morgan fingerprint density at radius 3 is 3.10 bits per heavy atom. The quantitative estimate of drug-likeness (QED) is 0.548. The number of hydrogen-bond acceptors (Lipinski definition) is 6. The summed E-state index contributed by atoms with van der Waals surface area (Å²) in [5, 5.41) is 25.2. The number of benzene rings is 1. The average molecular weight is 400 g/mol. The third-order valence-electron chi connectivity index (χ3n) is 5.21. The fraction of sp³-hybridized carbons (Fsp3) is 0.474. The Balaban J connectivity index is 1.39. The predicted octanol–water partition coefficient (Wildman–Crippen LogP) is 0.193. The van der Waals surface area contributed by atoms with Crippen LogP contribution in [0, 0.1) is 5.92 Å². The lowest BCUT2D eigenvalue weighted by atomic mass is 9.85. The molecule has 0 unspecified atom stereocenters. The van der Waals surface area contributed by atoms with Crippen molar-refractivity contribution in [2.24, 2.45) is 5.92 Å². The molecule has 0 aliphatic carbocycles. The van der Waals surface area contributed by atoms with E-state index in [9.17, 15) is 9.59 Å². The average Bonchev–Trinajstić information content (AvgIpc) is 3.19. The second-order valence-electron chi connectivity index (χ2n) is 7.28. The van der Waals surface area contributed by atoms with Crippen molar-refractivity contribution in [1.29, 1.82) is 0 Å². The molecule has 10 nitrogen and oxygen atoms in total. The van der Waals surface area contributed by atoms with Crippen LogP contribution in [0.1, 0.15) is 35.7 Å². The van der Waals surface area contributed by atoms with Crippen LogP contribution >= 0.6 is 0 Å². The molecule has 2 fully saturated rings. The van der Waals surface area contributed by atoms with Gasteiger partial charge in [0.15, 0.2) is 0 Å². The second-order valence-corrected chi connectivity index (χ2v) is 7.28. The zero-order valence-corrected chi connectivity index (χ0v) is 15.9. The highest BCUT2D eigenvalue weighted by Crippen LogP contribution is 2.34. The summed E-state index contributed by atoms with van der Waals surface area (Å²) in [6.45, 7) is 0.830. The van der Waals surface area contributed by atoms with E-state index in [1.807, 2.05) is 24.3 Å². The highest BCUT2D eigenvalue weighted by Gasteiger charge is 2.39. The van der Waals surface area contributed by atoms with Crippen LogP contribution in [0.3, 0.4) is 0 Å². The van der Waals surface area contributed by atoms with E-state index >= 15 is 0 Å². The van der Waals surface area contributed by atoms with Crippen molar-refractivity contribution >= 4 is 11.9 Å². The van der Waals surface area contributed by atoms with Gasteiger partial charge in [-0.2, -0.15) is 0 Å². The number of fused-ring (bicyclic) bond motifs is 1. The van der Waals surface area contributed by atoms with Crippen molar-refractivity contribution in [2.75, 3.05) is 6.61 Å². The van der Waals surface area contributed by atoms with Crippen LogP contribution in [-0.4, -0.2) is 44.9 Å². The molecule has 154 valence electrons. The molecule has 0 radical (unpaired) electrons. The molecule has 4 N–H and O–H groups in total. The van der Waals surface area contributed by atoms with E-state index in [4.69, 9.17) is 9.84 Å². The zero-order chi connectivity index (χ0) is 20.2. The number of amides is 3. The first-order valence-corrected chi connectivity index (χ1v) is 9.66. The highest BCUT2D eigenvalue weighted by molar-refractivity contribution is 5.76. The lowest BCUT2D eigenvalue weighted by molar-refractivity contribution is -0.122. The minimum absolute atomic E-state index is 0.0259. The molecule has 0 spiro atoms. The fourth-order valence-electron chi connectivity index (χ4n) is 3.83. The summed E-state index contributed by atoms with van der Waals surface area (Å²) >= 11 is 0. The fourth-order valence-corrected chi connectivity index (χ4v) is 3.83. The molecule has 2 aliphatic heterocycles. The number of hydrogen-bond donors (Lipinski definition) is 4. The van der Waals surface area contributed by atoms with Crippen molar-refractivity contribution in [2.45, 2.75) is 44.8 Å². The van der Waals surface area contributed by atoms with E-state index in [2.05, 4.69) is 26.3 Å². The van der Waals surface area contributed by atoms with Gasteiger partial charge in [-0.05, 0) is 24.0 Å². The van der Waals surface area contributed by atoms with Gasteiger partial charge in [0.1, 0.15) is 18.5 Å². The first-order chi connectivity index (χ1) is 14.1. The molecule has 1 aromatic carbocycles. The normalized spacial score (nSPS) is 23.6. The lowest BCUT2D eigenvalue weighted by Gasteiger charge is -2.42. The third-order valence-corrected chi connectivity index (χ3v) is 5.21. The number of carbonyl (C=O) groups is 2. The van der Waals surface area contributed by atoms with Gasteiger partial charge in [-0.25, -0.2) is 9.48 Å². The zero-order valence-electron chi connectivity index (χ0n) is 15.9. The van der Waals surface area contributed by atoms with Crippen molar-refractivity contribution in [3.63, 3.8) is 0 Å². The molecule has 4 rings (SSSR count). The summed E-state index contributed by atoms with van der Waals surface area (Å²) in [6, 6.07) is 7.49. The van der Waals surface area contributed by atoms with Crippen LogP contribution in [0.4, 0.5) is 4.79 Å². The minimum atomic E-state index is -0.266. The number of carbonyl (C=O) groups excluding carboxylic acids is 2. The van der Waals surface area contributed by atoms with Gasteiger partial charge in [-0.15, -0.1) is 5.10 Å². The van der Waals surface area contributed by atoms with E-state index in [0.717, 1.165) is 24.0 Å². The Hall–Kier alpha value is -2.98. The number of ether oxygens (including phenoxy) is 1.